The normalized spacial score (nSPS) is 14.7. The lowest BCUT2D eigenvalue weighted by Crippen LogP contribution is -2.37. The molecule has 1 aliphatic rings. The molecular formula is C26H26FN3O4. The summed E-state index contributed by atoms with van der Waals surface area (Å²) in [4.78, 5) is 42.7. The van der Waals surface area contributed by atoms with Crippen molar-refractivity contribution in [1.82, 2.24) is 9.88 Å². The molecule has 0 bridgehead atoms. The molecule has 0 saturated heterocycles. The fourth-order valence-electron chi connectivity index (χ4n) is 4.40. The zero-order chi connectivity index (χ0) is 24.6. The Bertz CT molecular complexity index is 1320. The summed E-state index contributed by atoms with van der Waals surface area (Å²) in [6.07, 6.45) is 1.50. The maximum Gasteiger partial charge on any atom is 0.341 e. The molecule has 1 aliphatic heterocycles. The maximum atomic E-state index is 13.4. The van der Waals surface area contributed by atoms with E-state index in [0.717, 1.165) is 16.5 Å². The van der Waals surface area contributed by atoms with Crippen molar-refractivity contribution >= 4 is 39.9 Å². The highest BCUT2D eigenvalue weighted by molar-refractivity contribution is 6.18. The van der Waals surface area contributed by atoms with E-state index in [2.05, 4.69) is 10.3 Å². The average Bonchev–Trinajstić information content (AvgIpc) is 3.10. The highest BCUT2D eigenvalue weighted by Crippen LogP contribution is 2.41. The molecule has 2 aromatic carbocycles. The molecular weight excluding hydrogens is 437 g/mol. The van der Waals surface area contributed by atoms with Gasteiger partial charge in [0.15, 0.2) is 0 Å². The Morgan fingerprint density at radius 2 is 1.85 bits per heavy atom. The molecule has 176 valence electrons. The van der Waals surface area contributed by atoms with E-state index < -0.39 is 17.2 Å². The minimum absolute atomic E-state index is 0.174. The predicted octanol–water partition coefficient (Wildman–Crippen LogP) is 4.60. The summed E-state index contributed by atoms with van der Waals surface area (Å²) in [6, 6.07) is 10.8. The molecule has 0 radical (unpaired) electrons. The predicted molar refractivity (Wildman–Crippen MR) is 128 cm³/mol. The lowest BCUT2D eigenvalue weighted by molar-refractivity contribution is -0.136. The Hall–Kier alpha value is -3.94. The van der Waals surface area contributed by atoms with Gasteiger partial charge in [0, 0.05) is 47.2 Å². The fourth-order valence-corrected chi connectivity index (χ4v) is 4.40. The third-order valence-electron chi connectivity index (χ3n) is 5.76. The molecule has 3 aromatic rings. The third-order valence-corrected chi connectivity index (χ3v) is 5.76. The zero-order valence-electron chi connectivity index (χ0n) is 19.5. The number of aromatic nitrogens is 1. The molecule has 0 aliphatic carbocycles. The van der Waals surface area contributed by atoms with Crippen molar-refractivity contribution in [2.75, 3.05) is 18.5 Å². The largest absolute Gasteiger partial charge is 0.462 e. The monoisotopic (exact) mass is 463 g/mol. The van der Waals surface area contributed by atoms with Crippen LogP contribution < -0.4 is 5.32 Å². The summed E-state index contributed by atoms with van der Waals surface area (Å²) in [5.74, 6) is -1.55. The van der Waals surface area contributed by atoms with Crippen molar-refractivity contribution < 1.29 is 23.5 Å². The van der Waals surface area contributed by atoms with Crippen LogP contribution in [0.1, 0.15) is 49.3 Å². The number of nitrogens with zero attached hydrogens (tertiary/aromatic N) is 1. The number of hydrogen-bond acceptors (Lipinski definition) is 4. The summed E-state index contributed by atoms with van der Waals surface area (Å²) >= 11 is 0. The average molecular weight is 464 g/mol. The Labute approximate surface area is 196 Å². The van der Waals surface area contributed by atoms with Crippen molar-refractivity contribution in [3.63, 3.8) is 0 Å². The van der Waals surface area contributed by atoms with E-state index in [9.17, 15) is 18.8 Å². The maximum absolute atomic E-state index is 13.4. The van der Waals surface area contributed by atoms with Gasteiger partial charge < -0.3 is 19.9 Å². The second-order valence-corrected chi connectivity index (χ2v) is 8.90. The van der Waals surface area contributed by atoms with Gasteiger partial charge in [0.2, 0.25) is 5.91 Å². The highest BCUT2D eigenvalue weighted by Gasteiger charge is 2.37. The molecule has 2 heterocycles. The first-order valence-electron chi connectivity index (χ1n) is 11.0. The molecule has 4 rings (SSSR count). The van der Waals surface area contributed by atoms with Crippen LogP contribution in [0.15, 0.2) is 48.7 Å². The van der Waals surface area contributed by atoms with Crippen molar-refractivity contribution in [3.05, 3.63) is 71.3 Å². The van der Waals surface area contributed by atoms with Gasteiger partial charge in [-0.3, -0.25) is 9.59 Å². The van der Waals surface area contributed by atoms with Crippen LogP contribution >= 0.6 is 0 Å². The minimum atomic E-state index is -0.594. The van der Waals surface area contributed by atoms with Crippen LogP contribution in [-0.4, -0.2) is 40.8 Å². The summed E-state index contributed by atoms with van der Waals surface area (Å²) < 4.78 is 18.7. The fraction of sp³-hybridized carbons (Fsp3) is 0.269. The number of benzene rings is 2. The number of esters is 1. The number of carbonyl (C=O) groups excluding carboxylic acids is 3. The minimum Gasteiger partial charge on any atom is -0.462 e. The Kier molecular flexibility index (Phi) is 6.00. The molecule has 2 N–H and O–H groups in total. The van der Waals surface area contributed by atoms with E-state index >= 15 is 0 Å². The Morgan fingerprint density at radius 3 is 2.50 bits per heavy atom. The van der Waals surface area contributed by atoms with E-state index in [-0.39, 0.29) is 30.5 Å². The molecule has 2 amide bonds. The number of ether oxygens (including phenoxy) is 1. The number of H-pyrrole nitrogens is 1. The molecule has 8 heteroatoms. The second kappa shape index (κ2) is 8.78. The van der Waals surface area contributed by atoms with Crippen LogP contribution in [0, 0.1) is 5.82 Å². The van der Waals surface area contributed by atoms with Gasteiger partial charge in [-0.25, -0.2) is 9.18 Å². The number of rotatable bonds is 4. The van der Waals surface area contributed by atoms with Gasteiger partial charge in [0.05, 0.1) is 17.9 Å². The number of anilines is 1. The van der Waals surface area contributed by atoms with Gasteiger partial charge in [-0.2, -0.15) is 0 Å². The summed E-state index contributed by atoms with van der Waals surface area (Å²) in [6.45, 7) is 7.55. The van der Waals surface area contributed by atoms with Crippen molar-refractivity contribution in [3.8, 4) is 0 Å². The molecule has 0 saturated carbocycles. The number of amides is 2. The first kappa shape index (κ1) is 23.2. The highest BCUT2D eigenvalue weighted by atomic mass is 19.1. The van der Waals surface area contributed by atoms with Gasteiger partial charge in [-0.05, 0) is 55.0 Å². The molecule has 0 spiro atoms. The number of fused-ring (bicyclic) bond motifs is 3. The Balaban J connectivity index is 1.89. The number of carbonyl (C=O) groups is 3. The van der Waals surface area contributed by atoms with Crippen molar-refractivity contribution in [2.24, 2.45) is 0 Å². The number of aromatic amines is 1. The lowest BCUT2D eigenvalue weighted by Gasteiger charge is -2.29. The number of halogens is 1. The standard InChI is InChI=1S/C26H26FN3O4/c1-5-34-25(33)20-13-30(24(32)16-6-8-17(27)9-7-16)14-26(3,4)22-19-12-18(28-15(2)31)10-11-21(19)29-23(20)22/h6-13,29H,5,14H2,1-4H3,(H,28,31). The van der Waals surface area contributed by atoms with E-state index in [1.165, 1.54) is 42.3 Å². The summed E-state index contributed by atoms with van der Waals surface area (Å²) in [7, 11) is 0. The topological polar surface area (TPSA) is 91.5 Å². The van der Waals surface area contributed by atoms with E-state index in [4.69, 9.17) is 4.74 Å². The first-order valence-corrected chi connectivity index (χ1v) is 11.0. The first-order chi connectivity index (χ1) is 16.1. The van der Waals surface area contributed by atoms with E-state index in [0.29, 0.717) is 16.9 Å². The third kappa shape index (κ3) is 4.31. The second-order valence-electron chi connectivity index (χ2n) is 8.90. The SMILES string of the molecule is CCOC(=O)C1=CN(C(=O)c2ccc(F)cc2)CC(C)(C)c2c1[nH]c1ccc(NC(C)=O)cc21. The van der Waals surface area contributed by atoms with Crippen LogP contribution in [0.4, 0.5) is 10.1 Å². The van der Waals surface area contributed by atoms with Gasteiger partial charge in [0.1, 0.15) is 5.82 Å². The molecule has 34 heavy (non-hydrogen) atoms. The molecule has 7 nitrogen and oxygen atoms in total. The van der Waals surface area contributed by atoms with Gasteiger partial charge >= 0.3 is 5.97 Å². The molecule has 0 fully saturated rings. The number of hydrogen-bond donors (Lipinski definition) is 2. The summed E-state index contributed by atoms with van der Waals surface area (Å²) in [5, 5.41) is 3.62. The van der Waals surface area contributed by atoms with Crippen LogP contribution in [0.3, 0.4) is 0 Å². The van der Waals surface area contributed by atoms with Crippen molar-refractivity contribution in [1.29, 1.82) is 0 Å². The van der Waals surface area contributed by atoms with Crippen LogP contribution in [0.25, 0.3) is 16.5 Å². The quantitative estimate of drug-likeness (QED) is 0.553. The smallest absolute Gasteiger partial charge is 0.341 e. The molecule has 0 unspecified atom stereocenters. The molecule has 1 aromatic heterocycles. The van der Waals surface area contributed by atoms with Gasteiger partial charge in [-0.1, -0.05) is 13.8 Å². The zero-order valence-corrected chi connectivity index (χ0v) is 19.5. The van der Waals surface area contributed by atoms with Crippen molar-refractivity contribution in [2.45, 2.75) is 33.1 Å². The lowest BCUT2D eigenvalue weighted by atomic mass is 9.81. The van der Waals surface area contributed by atoms with E-state index in [1.54, 1.807) is 13.0 Å². The molecule has 0 atom stereocenters. The number of nitrogens with one attached hydrogen (secondary N) is 2. The van der Waals surface area contributed by atoms with Crippen LogP contribution in [-0.2, 0) is 19.7 Å². The van der Waals surface area contributed by atoms with Gasteiger partial charge in [0.25, 0.3) is 5.91 Å². The van der Waals surface area contributed by atoms with Gasteiger partial charge in [-0.15, -0.1) is 0 Å². The van der Waals surface area contributed by atoms with E-state index in [1.807, 2.05) is 26.0 Å². The van der Waals surface area contributed by atoms with Crippen LogP contribution in [0.2, 0.25) is 0 Å². The summed E-state index contributed by atoms with van der Waals surface area (Å²) in [5.41, 5.74) is 2.75. The van der Waals surface area contributed by atoms with Crippen LogP contribution in [0.5, 0.6) is 0 Å². The Morgan fingerprint density at radius 1 is 1.15 bits per heavy atom.